The number of carbonyl (C=O) groups is 3. The largest absolute Gasteiger partial charge is 0.296 e. The quantitative estimate of drug-likeness (QED) is 0.551. The Hall–Kier alpha value is -1.98. The molecule has 2 heterocycles. The predicted molar refractivity (Wildman–Crippen MR) is 53.7 cm³/mol. The van der Waals surface area contributed by atoms with Crippen LogP contribution in [0.25, 0.3) is 0 Å². The maximum absolute atomic E-state index is 11.6. The molecule has 0 bridgehead atoms. The van der Waals surface area contributed by atoms with Crippen LogP contribution in [0, 0.1) is 0 Å². The van der Waals surface area contributed by atoms with Crippen LogP contribution in [0.2, 0.25) is 0 Å². The van der Waals surface area contributed by atoms with Gasteiger partial charge in [-0.3, -0.25) is 24.4 Å². The molecule has 2 amide bonds. The molecule has 0 spiro atoms. The zero-order valence-electron chi connectivity index (χ0n) is 8.77. The summed E-state index contributed by atoms with van der Waals surface area (Å²) in [5, 5.41) is 6.22. The lowest BCUT2D eigenvalue weighted by Gasteiger charge is -2.20. The fourth-order valence-electron chi connectivity index (χ4n) is 1.86. The van der Waals surface area contributed by atoms with E-state index in [2.05, 4.69) is 10.4 Å². The van der Waals surface area contributed by atoms with Gasteiger partial charge in [-0.1, -0.05) is 0 Å². The molecule has 0 aliphatic carbocycles. The minimum absolute atomic E-state index is 0.251. The SMILES string of the molecule is Cn1nc(C=O)cc1C1CCC(=O)NC1=O. The Bertz CT molecular complexity index is 464. The van der Waals surface area contributed by atoms with Crippen molar-refractivity contribution in [3.63, 3.8) is 0 Å². The number of imide groups is 1. The van der Waals surface area contributed by atoms with Gasteiger partial charge in [0.1, 0.15) is 5.69 Å². The number of hydrogen-bond donors (Lipinski definition) is 1. The van der Waals surface area contributed by atoms with Gasteiger partial charge in [-0.15, -0.1) is 0 Å². The average molecular weight is 221 g/mol. The summed E-state index contributed by atoms with van der Waals surface area (Å²) in [5.74, 6) is -0.973. The number of amides is 2. The molecule has 16 heavy (non-hydrogen) atoms. The van der Waals surface area contributed by atoms with Crippen LogP contribution in [-0.2, 0) is 16.6 Å². The number of hydrogen-bond acceptors (Lipinski definition) is 4. The van der Waals surface area contributed by atoms with E-state index in [4.69, 9.17) is 0 Å². The summed E-state index contributed by atoms with van der Waals surface area (Å²) in [5.41, 5.74) is 0.953. The van der Waals surface area contributed by atoms with Gasteiger partial charge < -0.3 is 0 Å². The molecule has 1 aromatic rings. The summed E-state index contributed by atoms with van der Waals surface area (Å²) in [6.07, 6.45) is 1.41. The third-order valence-electron chi connectivity index (χ3n) is 2.65. The van der Waals surface area contributed by atoms with Crippen molar-refractivity contribution in [2.75, 3.05) is 0 Å². The van der Waals surface area contributed by atoms with Crippen molar-refractivity contribution >= 4 is 18.1 Å². The lowest BCUT2D eigenvalue weighted by atomic mass is 9.94. The molecule has 0 aromatic carbocycles. The first-order chi connectivity index (χ1) is 7.61. The molecule has 1 saturated heterocycles. The summed E-state index contributed by atoms with van der Waals surface area (Å²) in [6, 6.07) is 1.58. The first kappa shape index (κ1) is 10.5. The summed E-state index contributed by atoms with van der Waals surface area (Å²) in [7, 11) is 1.67. The second-order valence-electron chi connectivity index (χ2n) is 3.74. The number of aryl methyl sites for hydroxylation is 1. The summed E-state index contributed by atoms with van der Waals surface area (Å²) < 4.78 is 1.50. The van der Waals surface area contributed by atoms with E-state index in [1.807, 2.05) is 0 Å². The topological polar surface area (TPSA) is 81.1 Å². The molecule has 84 valence electrons. The van der Waals surface area contributed by atoms with Crippen molar-refractivity contribution in [2.45, 2.75) is 18.8 Å². The van der Waals surface area contributed by atoms with Crippen LogP contribution in [0.15, 0.2) is 6.07 Å². The molecule has 6 heteroatoms. The number of aromatic nitrogens is 2. The van der Waals surface area contributed by atoms with Crippen LogP contribution in [0.1, 0.15) is 34.9 Å². The lowest BCUT2D eigenvalue weighted by molar-refractivity contribution is -0.134. The smallest absolute Gasteiger partial charge is 0.235 e. The molecule has 1 N–H and O–H groups in total. The third-order valence-corrected chi connectivity index (χ3v) is 2.65. The molecule has 0 saturated carbocycles. The summed E-state index contributed by atoms with van der Waals surface area (Å²) >= 11 is 0. The van der Waals surface area contributed by atoms with E-state index in [1.54, 1.807) is 13.1 Å². The van der Waals surface area contributed by atoms with Crippen molar-refractivity contribution in [1.29, 1.82) is 0 Å². The average Bonchev–Trinajstić information content (AvgIpc) is 2.60. The zero-order chi connectivity index (χ0) is 11.7. The monoisotopic (exact) mass is 221 g/mol. The van der Waals surface area contributed by atoms with Crippen molar-refractivity contribution in [1.82, 2.24) is 15.1 Å². The minimum atomic E-state index is -0.399. The Labute approximate surface area is 91.6 Å². The summed E-state index contributed by atoms with van der Waals surface area (Å²) in [4.78, 5) is 33.1. The Kier molecular flexibility index (Phi) is 2.55. The molecule has 6 nitrogen and oxygen atoms in total. The molecular weight excluding hydrogens is 210 g/mol. The van der Waals surface area contributed by atoms with Crippen molar-refractivity contribution in [2.24, 2.45) is 7.05 Å². The third kappa shape index (κ3) is 1.73. The Morgan fingerprint density at radius 2 is 2.31 bits per heavy atom. The first-order valence-corrected chi connectivity index (χ1v) is 4.94. The number of piperidine rings is 1. The van der Waals surface area contributed by atoms with Crippen molar-refractivity contribution in [3.8, 4) is 0 Å². The number of carbonyl (C=O) groups excluding carboxylic acids is 3. The van der Waals surface area contributed by atoms with E-state index in [9.17, 15) is 14.4 Å². The molecule has 0 radical (unpaired) electrons. The zero-order valence-corrected chi connectivity index (χ0v) is 8.77. The highest BCUT2D eigenvalue weighted by Crippen LogP contribution is 2.24. The van der Waals surface area contributed by atoms with Crippen LogP contribution in [0.3, 0.4) is 0 Å². The van der Waals surface area contributed by atoms with Crippen LogP contribution in [0.4, 0.5) is 0 Å². The fraction of sp³-hybridized carbons (Fsp3) is 0.400. The van der Waals surface area contributed by atoms with Gasteiger partial charge in [0.2, 0.25) is 11.8 Å². The van der Waals surface area contributed by atoms with Crippen LogP contribution < -0.4 is 5.32 Å². The van der Waals surface area contributed by atoms with E-state index < -0.39 is 5.92 Å². The van der Waals surface area contributed by atoms with E-state index >= 15 is 0 Å². The number of nitrogens with one attached hydrogen (secondary N) is 1. The van der Waals surface area contributed by atoms with E-state index in [0.717, 1.165) is 0 Å². The maximum Gasteiger partial charge on any atom is 0.235 e. The Balaban J connectivity index is 2.29. The normalized spacial score (nSPS) is 20.7. The van der Waals surface area contributed by atoms with E-state index in [0.29, 0.717) is 30.5 Å². The van der Waals surface area contributed by atoms with E-state index in [-0.39, 0.29) is 11.8 Å². The van der Waals surface area contributed by atoms with Crippen molar-refractivity contribution in [3.05, 3.63) is 17.5 Å². The van der Waals surface area contributed by atoms with Crippen molar-refractivity contribution < 1.29 is 14.4 Å². The molecule has 1 unspecified atom stereocenters. The molecular formula is C10H11N3O3. The second kappa shape index (κ2) is 3.88. The highest BCUT2D eigenvalue weighted by Gasteiger charge is 2.30. The van der Waals surface area contributed by atoms with Gasteiger partial charge >= 0.3 is 0 Å². The Morgan fingerprint density at radius 3 is 2.88 bits per heavy atom. The van der Waals surface area contributed by atoms with Gasteiger partial charge in [0, 0.05) is 13.5 Å². The lowest BCUT2D eigenvalue weighted by Crippen LogP contribution is -2.40. The molecule has 1 aromatic heterocycles. The van der Waals surface area contributed by atoms with Gasteiger partial charge in [0.05, 0.1) is 11.6 Å². The molecule has 1 aliphatic heterocycles. The number of aldehydes is 1. The van der Waals surface area contributed by atoms with Gasteiger partial charge in [0.15, 0.2) is 6.29 Å². The Morgan fingerprint density at radius 1 is 1.56 bits per heavy atom. The van der Waals surface area contributed by atoms with Gasteiger partial charge in [-0.25, -0.2) is 0 Å². The minimum Gasteiger partial charge on any atom is -0.296 e. The highest BCUT2D eigenvalue weighted by molar-refractivity contribution is 6.00. The second-order valence-corrected chi connectivity index (χ2v) is 3.74. The fourth-order valence-corrected chi connectivity index (χ4v) is 1.86. The predicted octanol–water partition coefficient (Wildman–Crippen LogP) is -0.247. The standard InChI is InChI=1S/C10H11N3O3/c1-13-8(4-6(5-14)12-13)7-2-3-9(15)11-10(7)16/h4-5,7H,2-3H2,1H3,(H,11,15,16). The molecule has 1 atom stereocenters. The number of nitrogens with zero attached hydrogens (tertiary/aromatic N) is 2. The van der Waals surface area contributed by atoms with Gasteiger partial charge in [-0.2, -0.15) is 5.10 Å². The number of rotatable bonds is 2. The maximum atomic E-state index is 11.6. The molecule has 2 rings (SSSR count). The first-order valence-electron chi connectivity index (χ1n) is 4.94. The van der Waals surface area contributed by atoms with Crippen LogP contribution in [0.5, 0.6) is 0 Å². The van der Waals surface area contributed by atoms with Crippen LogP contribution in [-0.4, -0.2) is 27.9 Å². The van der Waals surface area contributed by atoms with Crippen LogP contribution >= 0.6 is 0 Å². The van der Waals surface area contributed by atoms with Gasteiger partial charge in [0.25, 0.3) is 0 Å². The molecule has 1 fully saturated rings. The van der Waals surface area contributed by atoms with Gasteiger partial charge in [-0.05, 0) is 12.5 Å². The van der Waals surface area contributed by atoms with E-state index in [1.165, 1.54) is 4.68 Å². The highest BCUT2D eigenvalue weighted by atomic mass is 16.2. The molecule has 1 aliphatic rings. The summed E-state index contributed by atoms with van der Waals surface area (Å²) in [6.45, 7) is 0.